The van der Waals surface area contributed by atoms with E-state index >= 15 is 0 Å². The summed E-state index contributed by atoms with van der Waals surface area (Å²) in [5.41, 5.74) is 0.635. The lowest BCUT2D eigenvalue weighted by atomic mass is 10.3. The number of carbonyl (C=O) groups is 1. The van der Waals surface area contributed by atoms with Gasteiger partial charge in [0.15, 0.2) is 0 Å². The zero-order chi connectivity index (χ0) is 7.56. The van der Waals surface area contributed by atoms with Crippen LogP contribution in [0.2, 0.25) is 0 Å². The van der Waals surface area contributed by atoms with E-state index in [4.69, 9.17) is 0 Å². The second kappa shape index (κ2) is 2.86. The topological polar surface area (TPSA) is 20.3 Å². The monoisotopic (exact) mass is 138 g/mol. The minimum absolute atomic E-state index is 0.0914. The van der Waals surface area contributed by atoms with Gasteiger partial charge in [0.25, 0.3) is 0 Å². The Balaban J connectivity index is 2.48. The smallest absolute Gasteiger partial charge is 0.248 e. The summed E-state index contributed by atoms with van der Waals surface area (Å²) in [5.74, 6) is 0.0914. The molecule has 0 aromatic carbocycles. The van der Waals surface area contributed by atoms with Crippen molar-refractivity contribution in [1.29, 1.82) is 0 Å². The number of likely N-dealkylation sites (tertiary alicyclic amines) is 1. The number of nitrogens with zero attached hydrogens (tertiary/aromatic N) is 1. The maximum atomic E-state index is 11.2. The minimum Gasteiger partial charge on any atom is -0.339 e. The molecule has 1 amide bonds. The predicted octanol–water partition coefficient (Wildman–Crippen LogP) is 0.999. The number of hydrogen-bond acceptors (Lipinski definition) is 1. The molecule has 1 fully saturated rings. The van der Waals surface area contributed by atoms with E-state index in [2.05, 4.69) is 13.0 Å². The zero-order valence-corrected chi connectivity index (χ0v) is 6.26. The molecule has 1 heterocycles. The van der Waals surface area contributed by atoms with Crippen molar-refractivity contribution in [3.05, 3.63) is 18.6 Å². The molecule has 2 heteroatoms. The molecule has 1 radical (unpaired) electrons. The summed E-state index contributed by atoms with van der Waals surface area (Å²) in [4.78, 5) is 13.0. The van der Waals surface area contributed by atoms with Crippen LogP contribution in [0.25, 0.3) is 0 Å². The molecule has 0 atom stereocenters. The first-order valence-electron chi connectivity index (χ1n) is 3.48. The molecule has 2 nitrogen and oxygen atoms in total. The van der Waals surface area contributed by atoms with Gasteiger partial charge in [-0.05, 0) is 19.8 Å². The fourth-order valence-corrected chi connectivity index (χ4v) is 1.04. The van der Waals surface area contributed by atoms with Gasteiger partial charge in [0.1, 0.15) is 0 Å². The molecule has 1 saturated heterocycles. The molecule has 0 N–H and O–H groups in total. The van der Waals surface area contributed by atoms with Crippen LogP contribution in [0.4, 0.5) is 0 Å². The Morgan fingerprint density at radius 1 is 1.70 bits per heavy atom. The van der Waals surface area contributed by atoms with Crippen LogP contribution in [-0.2, 0) is 4.79 Å². The van der Waals surface area contributed by atoms with Gasteiger partial charge in [0, 0.05) is 18.7 Å². The van der Waals surface area contributed by atoms with Crippen LogP contribution in [0.3, 0.4) is 0 Å². The fraction of sp³-hybridized carbons (Fsp3) is 0.500. The second-order valence-electron chi connectivity index (χ2n) is 2.61. The molecule has 0 spiro atoms. The van der Waals surface area contributed by atoms with Gasteiger partial charge in [-0.3, -0.25) is 4.79 Å². The summed E-state index contributed by atoms with van der Waals surface area (Å²) >= 11 is 0. The van der Waals surface area contributed by atoms with Crippen LogP contribution in [-0.4, -0.2) is 23.9 Å². The van der Waals surface area contributed by atoms with Crippen molar-refractivity contribution >= 4 is 5.91 Å². The van der Waals surface area contributed by atoms with E-state index in [1.165, 1.54) is 0 Å². The molecule has 0 bridgehead atoms. The van der Waals surface area contributed by atoms with Gasteiger partial charge in [-0.2, -0.15) is 0 Å². The van der Waals surface area contributed by atoms with E-state index in [1.54, 1.807) is 6.92 Å². The quantitative estimate of drug-likeness (QED) is 0.495. The van der Waals surface area contributed by atoms with E-state index in [0.717, 1.165) is 19.5 Å². The first-order chi connectivity index (χ1) is 4.72. The fourth-order valence-electron chi connectivity index (χ4n) is 1.04. The Labute approximate surface area is 61.5 Å². The molecule has 10 heavy (non-hydrogen) atoms. The highest BCUT2D eigenvalue weighted by molar-refractivity contribution is 5.92. The van der Waals surface area contributed by atoms with Crippen LogP contribution in [0, 0.1) is 6.42 Å². The van der Waals surface area contributed by atoms with Crippen molar-refractivity contribution in [3.63, 3.8) is 0 Å². The van der Waals surface area contributed by atoms with Crippen LogP contribution < -0.4 is 0 Å². The lowest BCUT2D eigenvalue weighted by Gasteiger charge is -2.13. The molecule has 0 aliphatic carbocycles. The molecule has 0 aromatic rings. The van der Waals surface area contributed by atoms with Gasteiger partial charge in [0.2, 0.25) is 5.91 Å². The van der Waals surface area contributed by atoms with Gasteiger partial charge >= 0.3 is 0 Å². The first kappa shape index (κ1) is 7.32. The van der Waals surface area contributed by atoms with Gasteiger partial charge in [0.05, 0.1) is 0 Å². The lowest BCUT2D eigenvalue weighted by molar-refractivity contribution is -0.125. The van der Waals surface area contributed by atoms with Crippen molar-refractivity contribution in [1.82, 2.24) is 4.90 Å². The summed E-state index contributed by atoms with van der Waals surface area (Å²) in [6.07, 6.45) is 3.14. The Kier molecular flexibility index (Phi) is 2.10. The summed E-state index contributed by atoms with van der Waals surface area (Å²) in [6, 6.07) is 0. The Hall–Kier alpha value is -0.790. The van der Waals surface area contributed by atoms with Crippen molar-refractivity contribution in [3.8, 4) is 0 Å². The summed E-state index contributed by atoms with van der Waals surface area (Å²) in [5, 5.41) is 0. The van der Waals surface area contributed by atoms with Crippen LogP contribution in [0.15, 0.2) is 12.2 Å². The van der Waals surface area contributed by atoms with Crippen molar-refractivity contribution < 1.29 is 4.79 Å². The van der Waals surface area contributed by atoms with Crippen LogP contribution in [0.5, 0.6) is 0 Å². The molecule has 0 unspecified atom stereocenters. The summed E-state index contributed by atoms with van der Waals surface area (Å²) in [6.45, 7) is 7.01. The Bertz CT molecular complexity index is 157. The standard InChI is InChI=1S/C8H12NO/c1-7(2)8(10)9-5-3-4-6-9/h3H,1,4-6H2,2H3. The highest BCUT2D eigenvalue weighted by Crippen LogP contribution is 2.08. The molecular formula is C8H12NO. The molecule has 55 valence electrons. The highest BCUT2D eigenvalue weighted by Gasteiger charge is 2.17. The van der Waals surface area contributed by atoms with Gasteiger partial charge in [-0.15, -0.1) is 0 Å². The van der Waals surface area contributed by atoms with E-state index in [0.29, 0.717) is 5.57 Å². The second-order valence-corrected chi connectivity index (χ2v) is 2.61. The van der Waals surface area contributed by atoms with Gasteiger partial charge in [-0.25, -0.2) is 0 Å². The average Bonchev–Trinajstić information content (AvgIpc) is 2.36. The van der Waals surface area contributed by atoms with E-state index < -0.39 is 0 Å². The molecule has 1 rings (SSSR count). The number of carbonyl (C=O) groups excluding carboxylic acids is 1. The molecule has 1 aliphatic heterocycles. The summed E-state index contributed by atoms with van der Waals surface area (Å²) < 4.78 is 0. The third-order valence-electron chi connectivity index (χ3n) is 1.60. The van der Waals surface area contributed by atoms with E-state index in [-0.39, 0.29) is 5.91 Å². The SMILES string of the molecule is C=C(C)C(=O)N1C[CH]CC1. The van der Waals surface area contributed by atoms with Crippen molar-refractivity contribution in [2.75, 3.05) is 13.1 Å². The van der Waals surface area contributed by atoms with E-state index in [9.17, 15) is 4.79 Å². The third kappa shape index (κ3) is 1.38. The van der Waals surface area contributed by atoms with Crippen LogP contribution >= 0.6 is 0 Å². The number of rotatable bonds is 1. The van der Waals surface area contributed by atoms with Crippen LogP contribution in [0.1, 0.15) is 13.3 Å². The highest BCUT2D eigenvalue weighted by atomic mass is 16.2. The predicted molar refractivity (Wildman–Crippen MR) is 40.3 cm³/mol. The average molecular weight is 138 g/mol. The molecular weight excluding hydrogens is 126 g/mol. The molecule has 0 saturated carbocycles. The van der Waals surface area contributed by atoms with Crippen molar-refractivity contribution in [2.45, 2.75) is 13.3 Å². The maximum Gasteiger partial charge on any atom is 0.248 e. The number of amides is 1. The third-order valence-corrected chi connectivity index (χ3v) is 1.60. The van der Waals surface area contributed by atoms with Gasteiger partial charge < -0.3 is 4.90 Å². The van der Waals surface area contributed by atoms with Crippen molar-refractivity contribution in [2.24, 2.45) is 0 Å². The minimum atomic E-state index is 0.0914. The molecule has 1 aliphatic rings. The first-order valence-corrected chi connectivity index (χ1v) is 3.48. The normalized spacial score (nSPS) is 17.5. The lowest BCUT2D eigenvalue weighted by Crippen LogP contribution is -2.27. The Morgan fingerprint density at radius 2 is 2.40 bits per heavy atom. The maximum absolute atomic E-state index is 11.2. The molecule has 0 aromatic heterocycles. The van der Waals surface area contributed by atoms with E-state index in [1.807, 2.05) is 4.90 Å². The Morgan fingerprint density at radius 3 is 2.80 bits per heavy atom. The number of hydrogen-bond donors (Lipinski definition) is 0. The zero-order valence-electron chi connectivity index (χ0n) is 6.26. The largest absolute Gasteiger partial charge is 0.339 e. The summed E-state index contributed by atoms with van der Waals surface area (Å²) in [7, 11) is 0. The van der Waals surface area contributed by atoms with Gasteiger partial charge in [-0.1, -0.05) is 6.58 Å².